The molecular formula is C19H20F3N2O3+. The van der Waals surface area contributed by atoms with Gasteiger partial charge in [-0.25, -0.2) is 0 Å². The van der Waals surface area contributed by atoms with E-state index >= 15 is 0 Å². The van der Waals surface area contributed by atoms with Crippen molar-refractivity contribution in [3.63, 3.8) is 0 Å². The van der Waals surface area contributed by atoms with Crippen LogP contribution in [-0.4, -0.2) is 27.5 Å². The summed E-state index contributed by atoms with van der Waals surface area (Å²) in [4.78, 5) is 1.12. The Kier molecular flexibility index (Phi) is 4.30. The zero-order valence-corrected chi connectivity index (χ0v) is 14.9. The number of quaternary nitrogens is 1. The zero-order valence-electron chi connectivity index (χ0n) is 14.9. The molecule has 2 N–H and O–H groups in total. The van der Waals surface area contributed by atoms with Crippen LogP contribution in [0.4, 0.5) is 18.9 Å². The van der Waals surface area contributed by atoms with Crippen molar-refractivity contribution in [1.82, 2.24) is 0 Å². The lowest BCUT2D eigenvalue weighted by molar-refractivity contribution is -0.910. The third-order valence-electron chi connectivity index (χ3n) is 5.02. The van der Waals surface area contributed by atoms with Crippen molar-refractivity contribution >= 4 is 5.69 Å². The molecule has 0 aliphatic carbocycles. The maximum absolute atomic E-state index is 13.0. The van der Waals surface area contributed by atoms with E-state index in [2.05, 4.69) is 5.32 Å². The highest BCUT2D eigenvalue weighted by molar-refractivity contribution is 5.62. The summed E-state index contributed by atoms with van der Waals surface area (Å²) in [6.45, 7) is 0.954. The lowest BCUT2D eigenvalue weighted by Gasteiger charge is -2.34. The molecule has 2 aromatic rings. The highest BCUT2D eigenvalue weighted by atomic mass is 19.4. The first kappa shape index (κ1) is 17.8. The first-order valence-corrected chi connectivity index (χ1v) is 8.64. The molecule has 2 aliphatic heterocycles. The standard InChI is InChI=1S/C19H19F3N2O3/c1-24-7-6-11-8-14-16(27-10-26-14)17(25-2)15(11)18(24)23-13-5-3-4-12(9-13)19(20,21)22/h3-5,8-9,18,23H,6-7,10H2,1-2H3/p+1/t18-/m1/s1. The number of hydrogen-bond donors (Lipinski definition) is 2. The van der Waals surface area contributed by atoms with Gasteiger partial charge in [0.2, 0.25) is 12.5 Å². The SMILES string of the molecule is COc1c2c(cc3c1[C@H](Nc1cccc(C(F)(F)F)c1)[NH+](C)CC3)OCO2. The molecular weight excluding hydrogens is 361 g/mol. The van der Waals surface area contributed by atoms with Crippen molar-refractivity contribution < 1.29 is 32.3 Å². The summed E-state index contributed by atoms with van der Waals surface area (Å²) >= 11 is 0. The van der Waals surface area contributed by atoms with Crippen LogP contribution in [0.15, 0.2) is 30.3 Å². The van der Waals surface area contributed by atoms with Gasteiger partial charge < -0.3 is 24.4 Å². The van der Waals surface area contributed by atoms with E-state index < -0.39 is 11.7 Å². The molecule has 8 heteroatoms. The highest BCUT2D eigenvalue weighted by Gasteiger charge is 2.37. The zero-order chi connectivity index (χ0) is 19.2. The molecule has 1 unspecified atom stereocenters. The van der Waals surface area contributed by atoms with Crippen molar-refractivity contribution in [2.75, 3.05) is 32.8 Å². The number of alkyl halides is 3. The molecule has 0 amide bonds. The van der Waals surface area contributed by atoms with Gasteiger partial charge in [0.25, 0.3) is 0 Å². The van der Waals surface area contributed by atoms with Crippen LogP contribution in [0, 0.1) is 0 Å². The molecule has 27 heavy (non-hydrogen) atoms. The van der Waals surface area contributed by atoms with Gasteiger partial charge in [0.1, 0.15) is 0 Å². The Morgan fingerprint density at radius 1 is 1.22 bits per heavy atom. The van der Waals surface area contributed by atoms with Gasteiger partial charge in [-0.05, 0) is 29.8 Å². The second-order valence-electron chi connectivity index (χ2n) is 6.72. The molecule has 144 valence electrons. The Hall–Kier alpha value is -2.61. The van der Waals surface area contributed by atoms with Gasteiger partial charge in [-0.1, -0.05) is 6.07 Å². The van der Waals surface area contributed by atoms with Crippen molar-refractivity contribution in [1.29, 1.82) is 0 Å². The van der Waals surface area contributed by atoms with E-state index in [0.29, 0.717) is 22.9 Å². The fraction of sp³-hybridized carbons (Fsp3) is 0.368. The minimum atomic E-state index is -4.38. The molecule has 2 aliphatic rings. The van der Waals surface area contributed by atoms with Gasteiger partial charge in [0, 0.05) is 12.1 Å². The fourth-order valence-electron chi connectivity index (χ4n) is 3.67. The van der Waals surface area contributed by atoms with Crippen molar-refractivity contribution in [2.24, 2.45) is 0 Å². The molecule has 2 heterocycles. The minimum Gasteiger partial charge on any atom is -0.492 e. The maximum atomic E-state index is 13.0. The second kappa shape index (κ2) is 6.53. The van der Waals surface area contributed by atoms with Crippen LogP contribution < -0.4 is 24.4 Å². The number of ether oxygens (including phenoxy) is 3. The van der Waals surface area contributed by atoms with Crippen molar-refractivity contribution in [3.8, 4) is 17.2 Å². The second-order valence-corrected chi connectivity index (χ2v) is 6.72. The Labute approximate surface area is 154 Å². The van der Waals surface area contributed by atoms with Gasteiger partial charge in [0.05, 0.1) is 31.8 Å². The summed E-state index contributed by atoms with van der Waals surface area (Å²) in [5.41, 5.74) is 1.66. The van der Waals surface area contributed by atoms with Crippen molar-refractivity contribution in [2.45, 2.75) is 18.8 Å². The summed E-state index contributed by atoms with van der Waals surface area (Å²) in [5, 5.41) is 3.25. The molecule has 4 rings (SSSR count). The number of fused-ring (bicyclic) bond motifs is 2. The number of hydrogen-bond acceptors (Lipinski definition) is 4. The van der Waals surface area contributed by atoms with Crippen molar-refractivity contribution in [3.05, 3.63) is 47.0 Å². The first-order valence-electron chi connectivity index (χ1n) is 8.64. The van der Waals surface area contributed by atoms with Gasteiger partial charge in [-0.15, -0.1) is 0 Å². The van der Waals surface area contributed by atoms with Gasteiger partial charge >= 0.3 is 6.18 Å². The maximum Gasteiger partial charge on any atom is 0.416 e. The molecule has 0 saturated heterocycles. The Balaban J connectivity index is 1.75. The van der Waals surface area contributed by atoms with Crippen LogP contribution in [0.1, 0.15) is 22.9 Å². The summed E-state index contributed by atoms with van der Waals surface area (Å²) in [6, 6.07) is 7.17. The number of halogens is 3. The Morgan fingerprint density at radius 2 is 2.04 bits per heavy atom. The van der Waals surface area contributed by atoms with Crippen LogP contribution >= 0.6 is 0 Å². The number of likely N-dealkylation sites (N-methyl/N-ethyl adjacent to an activating group) is 1. The quantitative estimate of drug-likeness (QED) is 0.858. The van der Waals surface area contributed by atoms with Crippen LogP contribution in [0.25, 0.3) is 0 Å². The van der Waals surface area contributed by atoms with E-state index in [1.807, 2.05) is 13.1 Å². The highest BCUT2D eigenvalue weighted by Crippen LogP contribution is 2.47. The van der Waals surface area contributed by atoms with Crippen LogP contribution in [0.2, 0.25) is 0 Å². The average molecular weight is 381 g/mol. The summed E-state index contributed by atoms with van der Waals surface area (Å²) in [6.07, 6.45) is -3.85. The van der Waals surface area contributed by atoms with E-state index in [9.17, 15) is 13.2 Å². The molecule has 0 aromatic heterocycles. The predicted molar refractivity (Wildman–Crippen MR) is 92.4 cm³/mol. The van der Waals surface area contributed by atoms with Crippen LogP contribution in [0.3, 0.4) is 0 Å². The van der Waals surface area contributed by atoms with E-state index in [-0.39, 0.29) is 13.0 Å². The van der Waals surface area contributed by atoms with Gasteiger partial charge in [-0.3, -0.25) is 0 Å². The molecule has 0 spiro atoms. The number of rotatable bonds is 3. The number of benzene rings is 2. The van der Waals surface area contributed by atoms with E-state index in [4.69, 9.17) is 14.2 Å². The first-order chi connectivity index (χ1) is 12.9. The molecule has 0 saturated carbocycles. The summed E-state index contributed by atoms with van der Waals surface area (Å²) in [7, 11) is 3.56. The topological polar surface area (TPSA) is 44.2 Å². The Bertz CT molecular complexity index is 870. The largest absolute Gasteiger partial charge is 0.492 e. The van der Waals surface area contributed by atoms with E-state index in [1.165, 1.54) is 6.07 Å². The van der Waals surface area contributed by atoms with Crippen LogP contribution in [0.5, 0.6) is 17.2 Å². The average Bonchev–Trinajstić information content (AvgIpc) is 3.10. The van der Waals surface area contributed by atoms with Gasteiger partial charge in [0.15, 0.2) is 17.7 Å². The number of methoxy groups -OCH3 is 1. The minimum absolute atomic E-state index is 0.128. The third-order valence-corrected chi connectivity index (χ3v) is 5.02. The molecule has 2 atom stereocenters. The number of anilines is 1. The number of nitrogens with one attached hydrogen (secondary N) is 2. The van der Waals surface area contributed by atoms with E-state index in [1.54, 1.807) is 13.2 Å². The lowest BCUT2D eigenvalue weighted by atomic mass is 9.94. The molecule has 5 nitrogen and oxygen atoms in total. The normalized spacial score (nSPS) is 20.9. The van der Waals surface area contributed by atoms with Crippen LogP contribution in [-0.2, 0) is 12.6 Å². The Morgan fingerprint density at radius 3 is 2.78 bits per heavy atom. The molecule has 0 radical (unpaired) electrons. The molecule has 0 fully saturated rings. The monoisotopic (exact) mass is 381 g/mol. The lowest BCUT2D eigenvalue weighted by Crippen LogP contribution is -3.11. The predicted octanol–water partition coefficient (Wildman–Crippen LogP) is 2.62. The van der Waals surface area contributed by atoms with Gasteiger partial charge in [-0.2, -0.15) is 13.2 Å². The molecule has 2 aromatic carbocycles. The van der Waals surface area contributed by atoms with E-state index in [0.717, 1.165) is 41.1 Å². The summed E-state index contributed by atoms with van der Waals surface area (Å²) < 4.78 is 55.8. The smallest absolute Gasteiger partial charge is 0.416 e. The third kappa shape index (κ3) is 3.14. The fourth-order valence-corrected chi connectivity index (χ4v) is 3.67. The summed E-state index contributed by atoms with van der Waals surface area (Å²) in [5.74, 6) is 1.76. The molecule has 0 bridgehead atoms.